The number of nitrogens with two attached hydrogens (primary N) is 1. The molecule has 1 aliphatic heterocycles. The maximum atomic E-state index is 11.1. The summed E-state index contributed by atoms with van der Waals surface area (Å²) in [5.74, 6) is 0. The van der Waals surface area contributed by atoms with Gasteiger partial charge in [0, 0.05) is 13.5 Å². The molecule has 1 saturated heterocycles. The van der Waals surface area contributed by atoms with Crippen molar-refractivity contribution in [2.75, 3.05) is 13.7 Å². The van der Waals surface area contributed by atoms with Gasteiger partial charge in [-0.05, 0) is 18.4 Å². The van der Waals surface area contributed by atoms with E-state index >= 15 is 0 Å². The first kappa shape index (κ1) is 20.8. The SMILES string of the molecule is CO[C@H]1C[C@H](n2cnc3c(CCc4ccccc4)ncnc32)O[C@@H]1COS(N)(=O)=O. The molecule has 10 nitrogen and oxygen atoms in total. The molecule has 1 aromatic carbocycles. The van der Waals surface area contributed by atoms with Gasteiger partial charge in [-0.15, -0.1) is 0 Å². The van der Waals surface area contributed by atoms with Crippen molar-refractivity contribution in [1.82, 2.24) is 19.5 Å². The van der Waals surface area contributed by atoms with Gasteiger partial charge in [-0.25, -0.2) is 20.1 Å². The minimum absolute atomic E-state index is 0.224. The summed E-state index contributed by atoms with van der Waals surface area (Å²) in [6.07, 6.45) is 3.88. The van der Waals surface area contributed by atoms with Gasteiger partial charge in [-0.1, -0.05) is 30.3 Å². The van der Waals surface area contributed by atoms with E-state index in [1.54, 1.807) is 6.33 Å². The van der Waals surface area contributed by atoms with Crippen LogP contribution < -0.4 is 5.14 Å². The molecule has 30 heavy (non-hydrogen) atoms. The molecule has 2 aromatic heterocycles. The van der Waals surface area contributed by atoms with Crippen LogP contribution in [0.3, 0.4) is 0 Å². The Balaban J connectivity index is 1.52. The Bertz CT molecular complexity index is 1100. The number of imidazole rings is 1. The normalized spacial score (nSPS) is 22.0. The molecule has 0 saturated carbocycles. The second-order valence-corrected chi connectivity index (χ2v) is 8.27. The van der Waals surface area contributed by atoms with Crippen molar-refractivity contribution in [2.45, 2.75) is 37.7 Å². The van der Waals surface area contributed by atoms with Crippen molar-refractivity contribution in [3.8, 4) is 0 Å². The smallest absolute Gasteiger partial charge is 0.333 e. The van der Waals surface area contributed by atoms with Gasteiger partial charge in [0.15, 0.2) is 5.65 Å². The molecule has 1 aliphatic rings. The summed E-state index contributed by atoms with van der Waals surface area (Å²) in [5.41, 5.74) is 3.46. The average Bonchev–Trinajstić information content (AvgIpc) is 3.35. The van der Waals surface area contributed by atoms with Crippen LogP contribution in [0.5, 0.6) is 0 Å². The zero-order valence-electron chi connectivity index (χ0n) is 16.4. The van der Waals surface area contributed by atoms with E-state index in [0.717, 1.165) is 24.1 Å². The third-order valence-corrected chi connectivity index (χ3v) is 5.58. The van der Waals surface area contributed by atoms with Gasteiger partial charge in [-0.3, -0.25) is 8.75 Å². The highest BCUT2D eigenvalue weighted by atomic mass is 32.2. The minimum Gasteiger partial charge on any atom is -0.378 e. The van der Waals surface area contributed by atoms with E-state index in [0.29, 0.717) is 12.1 Å². The Morgan fingerprint density at radius 2 is 2.00 bits per heavy atom. The Morgan fingerprint density at radius 3 is 2.73 bits per heavy atom. The molecule has 2 N–H and O–H groups in total. The Labute approximate surface area is 174 Å². The zero-order chi connectivity index (χ0) is 21.1. The summed E-state index contributed by atoms with van der Waals surface area (Å²) in [5, 5.41) is 4.91. The molecule has 1 fully saturated rings. The predicted molar refractivity (Wildman–Crippen MR) is 108 cm³/mol. The van der Waals surface area contributed by atoms with Gasteiger partial charge in [0.05, 0.1) is 24.7 Å². The van der Waals surface area contributed by atoms with E-state index in [1.807, 2.05) is 22.8 Å². The van der Waals surface area contributed by atoms with Crippen molar-refractivity contribution in [1.29, 1.82) is 0 Å². The summed E-state index contributed by atoms with van der Waals surface area (Å²) in [6.45, 7) is -0.224. The number of nitrogens with zero attached hydrogens (tertiary/aromatic N) is 4. The third kappa shape index (κ3) is 4.65. The lowest BCUT2D eigenvalue weighted by molar-refractivity contribution is -0.0453. The lowest BCUT2D eigenvalue weighted by Crippen LogP contribution is -2.31. The number of benzene rings is 1. The van der Waals surface area contributed by atoms with Crippen molar-refractivity contribution >= 4 is 21.5 Å². The summed E-state index contributed by atoms with van der Waals surface area (Å²) in [6, 6.07) is 10.2. The first-order valence-corrected chi connectivity index (χ1v) is 11.0. The molecule has 0 bridgehead atoms. The maximum Gasteiger partial charge on any atom is 0.333 e. The zero-order valence-corrected chi connectivity index (χ0v) is 17.2. The summed E-state index contributed by atoms with van der Waals surface area (Å²) < 4.78 is 40.1. The van der Waals surface area contributed by atoms with Crippen molar-refractivity contribution in [3.63, 3.8) is 0 Å². The van der Waals surface area contributed by atoms with Crippen molar-refractivity contribution < 1.29 is 22.1 Å². The van der Waals surface area contributed by atoms with E-state index in [4.69, 9.17) is 14.6 Å². The number of hydrogen-bond donors (Lipinski definition) is 1. The lowest BCUT2D eigenvalue weighted by Gasteiger charge is -2.16. The predicted octanol–water partition coefficient (Wildman–Crippen LogP) is 1.13. The number of ether oxygens (including phenoxy) is 2. The molecule has 3 atom stereocenters. The fraction of sp³-hybridized carbons (Fsp3) is 0.421. The quantitative estimate of drug-likeness (QED) is 0.559. The average molecular weight is 433 g/mol. The second-order valence-electron chi connectivity index (χ2n) is 7.05. The van der Waals surface area contributed by atoms with E-state index in [9.17, 15) is 8.42 Å². The topological polar surface area (TPSA) is 131 Å². The van der Waals surface area contributed by atoms with Crippen LogP contribution in [0, 0.1) is 0 Å². The summed E-state index contributed by atoms with van der Waals surface area (Å²) >= 11 is 0. The van der Waals surface area contributed by atoms with Crippen LogP contribution in [0.2, 0.25) is 0 Å². The molecule has 3 heterocycles. The largest absolute Gasteiger partial charge is 0.378 e. The van der Waals surface area contributed by atoms with Gasteiger partial charge >= 0.3 is 10.3 Å². The lowest BCUT2D eigenvalue weighted by atomic mass is 10.1. The minimum atomic E-state index is -4.06. The molecule has 0 spiro atoms. The van der Waals surface area contributed by atoms with Gasteiger partial charge in [0.2, 0.25) is 0 Å². The number of aromatic nitrogens is 4. The van der Waals surface area contributed by atoms with E-state index < -0.39 is 22.6 Å². The third-order valence-electron chi connectivity index (χ3n) is 5.12. The molecule has 11 heteroatoms. The van der Waals surface area contributed by atoms with Gasteiger partial charge < -0.3 is 9.47 Å². The maximum absolute atomic E-state index is 11.1. The highest BCUT2D eigenvalue weighted by molar-refractivity contribution is 7.84. The fourth-order valence-corrected chi connectivity index (χ4v) is 3.96. The van der Waals surface area contributed by atoms with Crippen LogP contribution in [-0.2, 0) is 36.8 Å². The van der Waals surface area contributed by atoms with Gasteiger partial charge in [0.25, 0.3) is 0 Å². The number of rotatable bonds is 8. The highest BCUT2D eigenvalue weighted by Gasteiger charge is 2.38. The number of hydrogen-bond acceptors (Lipinski definition) is 8. The second kappa shape index (κ2) is 8.74. The fourth-order valence-electron chi connectivity index (χ4n) is 3.63. The molecule has 160 valence electrons. The van der Waals surface area contributed by atoms with Crippen molar-refractivity contribution in [3.05, 3.63) is 54.2 Å². The van der Waals surface area contributed by atoms with Crippen LogP contribution in [0.25, 0.3) is 11.2 Å². The standard InChI is InChI=1S/C19H23N5O5S/c1-27-15-9-17(29-16(15)10-28-30(20,25)26)24-12-23-18-14(21-11-22-19(18)24)8-7-13-5-3-2-4-6-13/h2-6,11-12,15-17H,7-10H2,1H3,(H2,20,25,26)/t15-,16+,17+/m0/s1. The molecule has 0 radical (unpaired) electrons. The molecule has 0 amide bonds. The van der Waals surface area contributed by atoms with Gasteiger partial charge in [0.1, 0.15) is 24.2 Å². The van der Waals surface area contributed by atoms with Crippen molar-refractivity contribution in [2.24, 2.45) is 5.14 Å². The Morgan fingerprint density at radius 1 is 1.20 bits per heavy atom. The monoisotopic (exact) mass is 433 g/mol. The molecular weight excluding hydrogens is 410 g/mol. The summed E-state index contributed by atoms with van der Waals surface area (Å²) in [7, 11) is -2.52. The molecular formula is C19H23N5O5S. The van der Waals surface area contributed by atoms with Crippen LogP contribution in [-0.4, -0.2) is 53.9 Å². The Hall–Kier alpha value is -2.44. The number of aryl methyl sites for hydroxylation is 2. The summed E-state index contributed by atoms with van der Waals surface area (Å²) in [4.78, 5) is 13.3. The van der Waals surface area contributed by atoms with Crippen LogP contribution in [0.15, 0.2) is 43.0 Å². The molecule has 3 aromatic rings. The van der Waals surface area contributed by atoms with Crippen LogP contribution >= 0.6 is 0 Å². The van der Waals surface area contributed by atoms with E-state index in [2.05, 4.69) is 31.3 Å². The van der Waals surface area contributed by atoms with E-state index in [-0.39, 0.29) is 12.7 Å². The molecule has 4 rings (SSSR count). The number of fused-ring (bicyclic) bond motifs is 1. The molecule has 0 unspecified atom stereocenters. The highest BCUT2D eigenvalue weighted by Crippen LogP contribution is 2.33. The van der Waals surface area contributed by atoms with Crippen LogP contribution in [0.4, 0.5) is 0 Å². The van der Waals surface area contributed by atoms with Crippen LogP contribution in [0.1, 0.15) is 23.9 Å². The number of methoxy groups -OCH3 is 1. The first-order valence-electron chi connectivity index (χ1n) is 9.50. The first-order chi connectivity index (χ1) is 14.4. The van der Waals surface area contributed by atoms with Gasteiger partial charge in [-0.2, -0.15) is 8.42 Å². The Kier molecular flexibility index (Phi) is 6.06. The van der Waals surface area contributed by atoms with E-state index in [1.165, 1.54) is 19.0 Å². The molecule has 0 aliphatic carbocycles.